The van der Waals surface area contributed by atoms with E-state index in [1.807, 2.05) is 0 Å². The number of amides is 4. The van der Waals surface area contributed by atoms with Gasteiger partial charge in [-0.25, -0.2) is 4.79 Å². The fourth-order valence-electron chi connectivity index (χ4n) is 1.90. The van der Waals surface area contributed by atoms with Gasteiger partial charge in [0, 0.05) is 5.02 Å². The van der Waals surface area contributed by atoms with Gasteiger partial charge in [-0.05, 0) is 18.6 Å². The lowest BCUT2D eigenvalue weighted by Gasteiger charge is -2.29. The number of nitrogens with one attached hydrogen (secondary N) is 1. The first-order valence-electron chi connectivity index (χ1n) is 5.86. The summed E-state index contributed by atoms with van der Waals surface area (Å²) in [5, 5.41) is 2.45. The van der Waals surface area contributed by atoms with Gasteiger partial charge in [0.25, 0.3) is 0 Å². The van der Waals surface area contributed by atoms with E-state index < -0.39 is 23.8 Å². The SMILES string of the molecule is CC#CCN1C(=O)NC(=O)C(c2ccccc2Cl)C1=O. The van der Waals surface area contributed by atoms with E-state index in [4.69, 9.17) is 11.6 Å². The first-order valence-corrected chi connectivity index (χ1v) is 6.24. The van der Waals surface area contributed by atoms with Crippen molar-refractivity contribution in [1.82, 2.24) is 10.2 Å². The van der Waals surface area contributed by atoms with Crippen LogP contribution >= 0.6 is 11.6 Å². The third-order valence-electron chi connectivity index (χ3n) is 2.88. The maximum Gasteiger partial charge on any atom is 0.331 e. The number of halogens is 1. The fraction of sp³-hybridized carbons (Fsp3) is 0.214. The summed E-state index contributed by atoms with van der Waals surface area (Å²) in [4.78, 5) is 36.8. The van der Waals surface area contributed by atoms with Crippen molar-refractivity contribution in [2.24, 2.45) is 0 Å². The van der Waals surface area contributed by atoms with E-state index in [1.165, 1.54) is 0 Å². The van der Waals surface area contributed by atoms with Gasteiger partial charge >= 0.3 is 6.03 Å². The predicted molar refractivity (Wildman–Crippen MR) is 72.9 cm³/mol. The third kappa shape index (κ3) is 2.51. The highest BCUT2D eigenvalue weighted by Crippen LogP contribution is 2.28. The minimum atomic E-state index is -1.12. The second-order valence-corrected chi connectivity index (χ2v) is 4.51. The maximum absolute atomic E-state index is 12.3. The number of hydrogen-bond acceptors (Lipinski definition) is 3. The van der Waals surface area contributed by atoms with Gasteiger partial charge in [0.1, 0.15) is 5.92 Å². The monoisotopic (exact) mass is 290 g/mol. The summed E-state index contributed by atoms with van der Waals surface area (Å²) in [6.07, 6.45) is 0. The van der Waals surface area contributed by atoms with Gasteiger partial charge in [-0.2, -0.15) is 0 Å². The minimum Gasteiger partial charge on any atom is -0.277 e. The Labute approximate surface area is 120 Å². The van der Waals surface area contributed by atoms with Gasteiger partial charge in [-0.1, -0.05) is 35.7 Å². The Balaban J connectivity index is 2.39. The maximum atomic E-state index is 12.3. The molecule has 1 aromatic carbocycles. The van der Waals surface area contributed by atoms with Gasteiger partial charge in [-0.15, -0.1) is 5.92 Å². The zero-order valence-electron chi connectivity index (χ0n) is 10.6. The van der Waals surface area contributed by atoms with Crippen molar-refractivity contribution >= 4 is 29.4 Å². The minimum absolute atomic E-state index is 0.0601. The van der Waals surface area contributed by atoms with Crippen molar-refractivity contribution in [3.05, 3.63) is 34.9 Å². The van der Waals surface area contributed by atoms with Crippen LogP contribution in [0.25, 0.3) is 0 Å². The van der Waals surface area contributed by atoms with Crippen LogP contribution in [0.2, 0.25) is 5.02 Å². The molecule has 102 valence electrons. The number of urea groups is 1. The molecule has 0 bridgehead atoms. The van der Waals surface area contributed by atoms with Crippen LogP contribution in [-0.4, -0.2) is 29.3 Å². The van der Waals surface area contributed by atoms with Crippen LogP contribution in [0.15, 0.2) is 24.3 Å². The van der Waals surface area contributed by atoms with Gasteiger partial charge in [0.05, 0.1) is 6.54 Å². The normalized spacial score (nSPS) is 18.4. The van der Waals surface area contributed by atoms with Crippen LogP contribution in [0, 0.1) is 11.8 Å². The zero-order chi connectivity index (χ0) is 14.7. The number of carbonyl (C=O) groups is 3. The molecule has 1 aliphatic rings. The molecule has 1 heterocycles. The van der Waals surface area contributed by atoms with Crippen molar-refractivity contribution < 1.29 is 14.4 Å². The van der Waals surface area contributed by atoms with Gasteiger partial charge in [0.15, 0.2) is 0 Å². The van der Waals surface area contributed by atoms with Crippen molar-refractivity contribution in [2.75, 3.05) is 6.54 Å². The molecule has 1 fully saturated rings. The average Bonchev–Trinajstić information content (AvgIpc) is 2.40. The summed E-state index contributed by atoms with van der Waals surface area (Å²) in [7, 11) is 0. The molecule has 20 heavy (non-hydrogen) atoms. The molecule has 0 aromatic heterocycles. The van der Waals surface area contributed by atoms with E-state index in [2.05, 4.69) is 17.2 Å². The Bertz CT molecular complexity index is 645. The van der Waals surface area contributed by atoms with Crippen LogP contribution in [0.3, 0.4) is 0 Å². The van der Waals surface area contributed by atoms with E-state index in [9.17, 15) is 14.4 Å². The van der Waals surface area contributed by atoms with E-state index >= 15 is 0 Å². The zero-order valence-corrected chi connectivity index (χ0v) is 11.4. The quantitative estimate of drug-likeness (QED) is 0.663. The average molecular weight is 291 g/mol. The van der Waals surface area contributed by atoms with Gasteiger partial charge < -0.3 is 0 Å². The summed E-state index contributed by atoms with van der Waals surface area (Å²) in [5.74, 6) is 2.82. The molecule has 0 radical (unpaired) electrons. The standard InChI is InChI=1S/C14H11ClN2O3/c1-2-3-8-17-13(19)11(12(18)16-14(17)20)9-6-4-5-7-10(9)15/h4-7,11H,8H2,1H3,(H,16,18,20). The van der Waals surface area contributed by atoms with Gasteiger partial charge in [0.2, 0.25) is 11.8 Å². The lowest BCUT2D eigenvalue weighted by atomic mass is 9.95. The molecule has 0 spiro atoms. The highest BCUT2D eigenvalue weighted by Gasteiger charge is 2.41. The molecule has 1 aliphatic heterocycles. The van der Waals surface area contributed by atoms with Crippen LogP contribution in [0.1, 0.15) is 18.4 Å². The fourth-order valence-corrected chi connectivity index (χ4v) is 2.15. The van der Waals surface area contributed by atoms with E-state index in [0.717, 1.165) is 4.90 Å². The number of benzene rings is 1. The molecule has 0 aliphatic carbocycles. The van der Waals surface area contributed by atoms with E-state index in [1.54, 1.807) is 31.2 Å². The number of nitrogens with zero attached hydrogens (tertiary/aromatic N) is 1. The lowest BCUT2D eigenvalue weighted by Crippen LogP contribution is -2.56. The summed E-state index contributed by atoms with van der Waals surface area (Å²) in [5.41, 5.74) is 0.374. The molecule has 1 aromatic rings. The molecule has 1 N–H and O–H groups in total. The van der Waals surface area contributed by atoms with Crippen LogP contribution in [0.4, 0.5) is 4.79 Å². The topological polar surface area (TPSA) is 66.5 Å². The van der Waals surface area contributed by atoms with Crippen molar-refractivity contribution in [2.45, 2.75) is 12.8 Å². The number of barbiturate groups is 1. The second-order valence-electron chi connectivity index (χ2n) is 4.10. The smallest absolute Gasteiger partial charge is 0.277 e. The molecule has 6 heteroatoms. The molecule has 1 saturated heterocycles. The lowest BCUT2D eigenvalue weighted by molar-refractivity contribution is -0.138. The van der Waals surface area contributed by atoms with Crippen LogP contribution < -0.4 is 5.32 Å². The molecular weight excluding hydrogens is 280 g/mol. The molecule has 1 atom stereocenters. The molecule has 0 saturated carbocycles. The number of rotatable bonds is 2. The van der Waals surface area contributed by atoms with Crippen LogP contribution in [-0.2, 0) is 9.59 Å². The highest BCUT2D eigenvalue weighted by atomic mass is 35.5. The number of imide groups is 2. The highest BCUT2D eigenvalue weighted by molar-refractivity contribution is 6.32. The largest absolute Gasteiger partial charge is 0.331 e. The van der Waals surface area contributed by atoms with E-state index in [-0.39, 0.29) is 6.54 Å². The van der Waals surface area contributed by atoms with Crippen molar-refractivity contribution in [3.8, 4) is 11.8 Å². The van der Waals surface area contributed by atoms with Gasteiger partial charge in [-0.3, -0.25) is 19.8 Å². The first kappa shape index (κ1) is 14.1. The molecule has 4 amide bonds. The summed E-state index contributed by atoms with van der Waals surface area (Å²) in [6, 6.07) is 5.79. The Kier molecular flexibility index (Phi) is 4.06. The Morgan fingerprint density at radius 3 is 2.65 bits per heavy atom. The second kappa shape index (κ2) is 5.76. The first-order chi connectivity index (χ1) is 9.56. The molecular formula is C14H11ClN2O3. The Morgan fingerprint density at radius 2 is 2.00 bits per heavy atom. The van der Waals surface area contributed by atoms with Crippen molar-refractivity contribution in [1.29, 1.82) is 0 Å². The van der Waals surface area contributed by atoms with Crippen LogP contribution in [0.5, 0.6) is 0 Å². The molecule has 1 unspecified atom stereocenters. The van der Waals surface area contributed by atoms with E-state index in [0.29, 0.717) is 10.6 Å². The van der Waals surface area contributed by atoms with Crippen molar-refractivity contribution in [3.63, 3.8) is 0 Å². The Hall–Kier alpha value is -2.32. The molecule has 2 rings (SSSR count). The predicted octanol–water partition coefficient (Wildman–Crippen LogP) is 1.53. The Morgan fingerprint density at radius 1 is 1.30 bits per heavy atom. The number of carbonyl (C=O) groups excluding carboxylic acids is 3. The molecule has 5 nitrogen and oxygen atoms in total. The third-order valence-corrected chi connectivity index (χ3v) is 3.22. The summed E-state index contributed by atoms with van der Waals surface area (Å²) >= 11 is 6.01. The summed E-state index contributed by atoms with van der Waals surface area (Å²) in [6.45, 7) is 1.54. The number of hydrogen-bond donors (Lipinski definition) is 1. The summed E-state index contributed by atoms with van der Waals surface area (Å²) < 4.78 is 0.